The van der Waals surface area contributed by atoms with Gasteiger partial charge in [-0.05, 0) is 29.8 Å². The van der Waals surface area contributed by atoms with Crippen LogP contribution in [0.2, 0.25) is 0 Å². The van der Waals surface area contributed by atoms with Gasteiger partial charge in [0.2, 0.25) is 0 Å². The van der Waals surface area contributed by atoms with Gasteiger partial charge in [0.25, 0.3) is 0 Å². The molecule has 3 rings (SSSR count). The zero-order valence-corrected chi connectivity index (χ0v) is 14.6. The Labute approximate surface area is 149 Å². The van der Waals surface area contributed by atoms with Crippen LogP contribution in [0, 0.1) is 0 Å². The maximum absolute atomic E-state index is 12.7. The van der Waals surface area contributed by atoms with Gasteiger partial charge in [0.15, 0.2) is 5.82 Å². The lowest BCUT2D eigenvalue weighted by atomic mass is 10.1. The van der Waals surface area contributed by atoms with Gasteiger partial charge < -0.3 is 0 Å². The number of alkyl halides is 4. The Morgan fingerprint density at radius 1 is 1.04 bits per heavy atom. The van der Waals surface area contributed by atoms with Crippen LogP contribution in [0.5, 0.6) is 0 Å². The van der Waals surface area contributed by atoms with Crippen molar-refractivity contribution in [1.82, 2.24) is 14.3 Å². The molecule has 0 aliphatic heterocycles. The van der Waals surface area contributed by atoms with E-state index in [0.29, 0.717) is 5.82 Å². The number of aromatic nitrogens is 3. The number of benzene rings is 2. The van der Waals surface area contributed by atoms with E-state index in [1.807, 2.05) is 30.3 Å². The van der Waals surface area contributed by atoms with E-state index < -0.39 is 17.4 Å². The van der Waals surface area contributed by atoms with Gasteiger partial charge in [-0.15, -0.1) is 5.10 Å². The molecule has 25 heavy (non-hydrogen) atoms. The Bertz CT molecular complexity index is 931. The van der Waals surface area contributed by atoms with Gasteiger partial charge in [-0.1, -0.05) is 46.3 Å². The zero-order chi connectivity index (χ0) is 18.2. The fraction of sp³-hybridized carbons (Fsp3) is 0.176. The van der Waals surface area contributed by atoms with E-state index >= 15 is 0 Å². The molecule has 0 spiro atoms. The SMILES string of the molecule is Cn1c(C(Br)c2ccccc2)nn(-c2ccc(C(F)(F)F)cc2)c1=O. The molecular weight excluding hydrogens is 399 g/mol. The minimum absolute atomic E-state index is 0.271. The highest BCUT2D eigenvalue weighted by molar-refractivity contribution is 9.09. The Hall–Kier alpha value is -2.35. The molecule has 1 heterocycles. The number of nitrogens with zero attached hydrogens (tertiary/aromatic N) is 3. The Morgan fingerprint density at radius 2 is 1.64 bits per heavy atom. The first-order chi connectivity index (χ1) is 11.8. The number of rotatable bonds is 3. The third-order valence-corrected chi connectivity index (χ3v) is 4.71. The zero-order valence-electron chi connectivity index (χ0n) is 13.0. The number of halogens is 4. The molecule has 0 saturated carbocycles. The van der Waals surface area contributed by atoms with Crippen molar-refractivity contribution < 1.29 is 13.2 Å². The Balaban J connectivity index is 2.01. The lowest BCUT2D eigenvalue weighted by molar-refractivity contribution is -0.137. The number of hydrogen-bond acceptors (Lipinski definition) is 2. The molecule has 0 aliphatic carbocycles. The van der Waals surface area contributed by atoms with E-state index in [2.05, 4.69) is 21.0 Å². The summed E-state index contributed by atoms with van der Waals surface area (Å²) in [7, 11) is 1.57. The molecule has 0 aliphatic rings. The predicted molar refractivity (Wildman–Crippen MR) is 91.0 cm³/mol. The summed E-state index contributed by atoms with van der Waals surface area (Å²) in [6.07, 6.45) is -4.42. The van der Waals surface area contributed by atoms with Crippen LogP contribution in [0.1, 0.15) is 21.8 Å². The molecule has 0 amide bonds. The van der Waals surface area contributed by atoms with Gasteiger partial charge in [0, 0.05) is 7.05 Å². The molecule has 2 aromatic carbocycles. The molecule has 0 fully saturated rings. The molecule has 0 radical (unpaired) electrons. The fourth-order valence-electron chi connectivity index (χ4n) is 2.40. The molecule has 8 heteroatoms. The molecule has 1 atom stereocenters. The van der Waals surface area contributed by atoms with Crippen LogP contribution < -0.4 is 5.69 Å². The fourth-order valence-corrected chi connectivity index (χ4v) is 3.11. The van der Waals surface area contributed by atoms with Gasteiger partial charge >= 0.3 is 11.9 Å². The van der Waals surface area contributed by atoms with E-state index in [1.165, 1.54) is 16.7 Å². The maximum Gasteiger partial charge on any atom is 0.416 e. The van der Waals surface area contributed by atoms with E-state index in [9.17, 15) is 18.0 Å². The van der Waals surface area contributed by atoms with Crippen LogP contribution in [-0.2, 0) is 13.2 Å². The third kappa shape index (κ3) is 3.39. The van der Waals surface area contributed by atoms with Crippen LogP contribution in [-0.4, -0.2) is 14.3 Å². The molecule has 0 N–H and O–H groups in total. The summed E-state index contributed by atoms with van der Waals surface area (Å²) in [5, 5.41) is 4.29. The highest BCUT2D eigenvalue weighted by atomic mass is 79.9. The second kappa shape index (κ2) is 6.51. The minimum Gasteiger partial charge on any atom is -0.280 e. The highest BCUT2D eigenvalue weighted by Crippen LogP contribution is 2.30. The summed E-state index contributed by atoms with van der Waals surface area (Å²) in [4.78, 5) is 12.1. The lowest BCUT2D eigenvalue weighted by Gasteiger charge is -2.08. The van der Waals surface area contributed by atoms with Crippen molar-refractivity contribution in [2.45, 2.75) is 11.0 Å². The van der Waals surface area contributed by atoms with Gasteiger partial charge in [-0.3, -0.25) is 4.57 Å². The average Bonchev–Trinajstić information content (AvgIpc) is 2.90. The van der Waals surface area contributed by atoms with Crippen molar-refractivity contribution in [3.05, 3.63) is 82.0 Å². The predicted octanol–water partition coefficient (Wildman–Crippen LogP) is 4.07. The maximum atomic E-state index is 12.7. The lowest BCUT2D eigenvalue weighted by Crippen LogP contribution is -2.22. The summed E-state index contributed by atoms with van der Waals surface area (Å²) in [6.45, 7) is 0. The van der Waals surface area contributed by atoms with Crippen molar-refractivity contribution in [2.75, 3.05) is 0 Å². The molecule has 4 nitrogen and oxygen atoms in total. The van der Waals surface area contributed by atoms with E-state index in [-0.39, 0.29) is 10.5 Å². The van der Waals surface area contributed by atoms with E-state index in [0.717, 1.165) is 22.4 Å². The molecule has 3 aromatic rings. The minimum atomic E-state index is -4.42. The van der Waals surface area contributed by atoms with Crippen molar-refractivity contribution in [1.29, 1.82) is 0 Å². The Kier molecular flexibility index (Phi) is 4.55. The van der Waals surface area contributed by atoms with Crippen molar-refractivity contribution in [3.63, 3.8) is 0 Å². The third-order valence-electron chi connectivity index (χ3n) is 3.77. The molecule has 1 unspecified atom stereocenters. The standard InChI is InChI=1S/C17H13BrF3N3O/c1-23-15(14(18)11-5-3-2-4-6-11)22-24(16(23)25)13-9-7-12(8-10-13)17(19,20)21/h2-10,14H,1H3. The normalized spacial score (nSPS) is 13.0. The summed E-state index contributed by atoms with van der Waals surface area (Å²) >= 11 is 3.52. The van der Waals surface area contributed by atoms with Crippen molar-refractivity contribution in [2.24, 2.45) is 7.05 Å². The van der Waals surface area contributed by atoms with Crippen LogP contribution in [0.15, 0.2) is 59.4 Å². The van der Waals surface area contributed by atoms with Gasteiger partial charge in [-0.25, -0.2) is 4.79 Å². The largest absolute Gasteiger partial charge is 0.416 e. The molecular formula is C17H13BrF3N3O. The second-order valence-electron chi connectivity index (χ2n) is 5.43. The van der Waals surface area contributed by atoms with Crippen LogP contribution in [0.3, 0.4) is 0 Å². The van der Waals surface area contributed by atoms with Crippen LogP contribution in [0.4, 0.5) is 13.2 Å². The molecule has 130 valence electrons. The second-order valence-corrected chi connectivity index (χ2v) is 6.35. The van der Waals surface area contributed by atoms with Gasteiger partial charge in [-0.2, -0.15) is 17.9 Å². The highest BCUT2D eigenvalue weighted by Gasteiger charge is 2.30. The van der Waals surface area contributed by atoms with Crippen LogP contribution >= 0.6 is 15.9 Å². The summed E-state index contributed by atoms with van der Waals surface area (Å²) < 4.78 is 40.5. The smallest absolute Gasteiger partial charge is 0.280 e. The number of hydrogen-bond donors (Lipinski definition) is 0. The van der Waals surface area contributed by atoms with Gasteiger partial charge in [0.05, 0.1) is 16.1 Å². The molecule has 0 bridgehead atoms. The van der Waals surface area contributed by atoms with Crippen LogP contribution in [0.25, 0.3) is 5.69 Å². The van der Waals surface area contributed by atoms with E-state index in [4.69, 9.17) is 0 Å². The summed E-state index contributed by atoms with van der Waals surface area (Å²) in [6, 6.07) is 13.7. The topological polar surface area (TPSA) is 39.8 Å². The first-order valence-corrected chi connectivity index (χ1v) is 8.23. The first-order valence-electron chi connectivity index (χ1n) is 7.31. The molecule has 1 aromatic heterocycles. The van der Waals surface area contributed by atoms with Crippen molar-refractivity contribution >= 4 is 15.9 Å². The molecule has 0 saturated heterocycles. The average molecular weight is 412 g/mol. The van der Waals surface area contributed by atoms with E-state index in [1.54, 1.807) is 7.05 Å². The Morgan fingerprint density at radius 3 is 2.20 bits per heavy atom. The quantitative estimate of drug-likeness (QED) is 0.609. The summed E-state index contributed by atoms with van der Waals surface area (Å²) in [5.74, 6) is 0.455. The monoisotopic (exact) mass is 411 g/mol. The van der Waals surface area contributed by atoms with Crippen molar-refractivity contribution in [3.8, 4) is 5.69 Å². The van der Waals surface area contributed by atoms with Gasteiger partial charge in [0.1, 0.15) is 0 Å². The first kappa shape index (κ1) is 17.5. The summed E-state index contributed by atoms with van der Waals surface area (Å²) in [5.41, 5.74) is -0.0268.